The second-order valence-corrected chi connectivity index (χ2v) is 8.72. The van der Waals surface area contributed by atoms with Crippen LogP contribution in [0.2, 0.25) is 0 Å². The Hall–Kier alpha value is -5.96. The molecular formula is C29H27N3O12. The maximum atomic E-state index is 11.6. The summed E-state index contributed by atoms with van der Waals surface area (Å²) in [5.41, 5.74) is 1.30. The number of carbonyl (C=O) groups excluding carboxylic acids is 8. The van der Waals surface area contributed by atoms with Crippen molar-refractivity contribution >= 4 is 47.2 Å². The first-order valence-corrected chi connectivity index (χ1v) is 12.4. The molecular weight excluding hydrogens is 582 g/mol. The summed E-state index contributed by atoms with van der Waals surface area (Å²) in [6, 6.07) is 10.7. The minimum atomic E-state index is -0.699. The number of methoxy groups -OCH3 is 1. The largest absolute Gasteiger partial charge is 0.504 e. The van der Waals surface area contributed by atoms with Gasteiger partial charge in [0.15, 0.2) is 17.3 Å². The monoisotopic (exact) mass is 609 g/mol. The molecule has 0 unspecified atom stereocenters. The fraction of sp³-hybridized carbons (Fsp3) is 0.172. The van der Waals surface area contributed by atoms with Crippen LogP contribution in [-0.2, 0) is 33.5 Å². The minimum absolute atomic E-state index is 0.00630. The third-order valence-electron chi connectivity index (χ3n) is 5.54. The molecule has 3 aliphatic heterocycles. The molecule has 15 nitrogen and oxygen atoms in total. The molecule has 0 aliphatic carbocycles. The number of ether oxygens (including phenoxy) is 1. The molecule has 2 N–H and O–H groups in total. The Morgan fingerprint density at radius 3 is 1.57 bits per heavy atom. The van der Waals surface area contributed by atoms with E-state index in [1.807, 2.05) is 0 Å². The summed E-state index contributed by atoms with van der Waals surface area (Å²) in [4.78, 5) is 92.8. The summed E-state index contributed by atoms with van der Waals surface area (Å²) in [5.74, 6) is -3.64. The number of fused-ring (bicyclic) bond motifs is 1. The van der Waals surface area contributed by atoms with Crippen LogP contribution in [0.4, 0.5) is 0 Å². The van der Waals surface area contributed by atoms with Gasteiger partial charge in [0.05, 0.1) is 11.1 Å². The molecule has 2 aromatic rings. The van der Waals surface area contributed by atoms with Crippen LogP contribution >= 0.6 is 0 Å². The molecule has 230 valence electrons. The zero-order chi connectivity index (χ0) is 33.1. The van der Waals surface area contributed by atoms with Crippen LogP contribution < -0.4 is 0 Å². The van der Waals surface area contributed by atoms with Gasteiger partial charge in [0.2, 0.25) is 0 Å². The number of hydrogen-bond donors (Lipinski definition) is 2. The number of nitrogens with zero attached hydrogens (tertiary/aromatic N) is 3. The van der Waals surface area contributed by atoms with E-state index in [4.69, 9.17) is 14.9 Å². The van der Waals surface area contributed by atoms with Crippen molar-refractivity contribution in [2.24, 2.45) is 0 Å². The first-order chi connectivity index (χ1) is 20.7. The van der Waals surface area contributed by atoms with Gasteiger partial charge < -0.3 is 19.8 Å². The molecule has 3 heterocycles. The second-order valence-electron chi connectivity index (χ2n) is 8.72. The van der Waals surface area contributed by atoms with Gasteiger partial charge in [-0.1, -0.05) is 17.2 Å². The average Bonchev–Trinajstić information content (AvgIpc) is 3.55. The molecule has 6 amide bonds. The lowest BCUT2D eigenvalue weighted by molar-refractivity contribution is -0.194. The summed E-state index contributed by atoms with van der Waals surface area (Å²) in [6.07, 6.45) is 4.57. The molecule has 0 spiro atoms. The van der Waals surface area contributed by atoms with E-state index < -0.39 is 17.8 Å². The average molecular weight is 610 g/mol. The van der Waals surface area contributed by atoms with Crippen molar-refractivity contribution in [1.82, 2.24) is 14.9 Å². The lowest BCUT2D eigenvalue weighted by Gasteiger charge is -2.10. The number of phenolic OH excluding ortho intramolecular Hbond substituents is 2. The number of amides is 6. The van der Waals surface area contributed by atoms with Crippen LogP contribution in [0.1, 0.15) is 44.9 Å². The molecule has 0 atom stereocenters. The van der Waals surface area contributed by atoms with E-state index in [-0.39, 0.29) is 47.6 Å². The summed E-state index contributed by atoms with van der Waals surface area (Å²) in [6.45, 7) is 2.51. The SMILES string of the molecule is CC(=O)ON1C(=O)C=CC1=O.CC(=O)c1ccc(O)c(O)c1.CN1C(=O)C=CC1=O.COCN1C(=O)c2ccccc2C1=O. The maximum absolute atomic E-state index is 11.6. The fourth-order valence-corrected chi connectivity index (χ4v) is 3.31. The third-order valence-corrected chi connectivity index (χ3v) is 5.54. The Morgan fingerprint density at radius 1 is 0.727 bits per heavy atom. The summed E-state index contributed by atoms with van der Waals surface area (Å²) in [5, 5.41) is 18.2. The zero-order valence-corrected chi connectivity index (χ0v) is 23.9. The second kappa shape index (κ2) is 15.3. The molecule has 0 saturated carbocycles. The summed E-state index contributed by atoms with van der Waals surface area (Å²) in [7, 11) is 2.90. The Bertz CT molecular complexity index is 1510. The number of ketones is 1. The predicted octanol–water partition coefficient (Wildman–Crippen LogP) is 1.12. The Balaban J connectivity index is 0.000000208. The molecule has 0 bridgehead atoms. The van der Waals surface area contributed by atoms with Gasteiger partial charge in [-0.2, -0.15) is 0 Å². The van der Waals surface area contributed by atoms with Gasteiger partial charge in [-0.15, -0.1) is 0 Å². The lowest BCUT2D eigenvalue weighted by Crippen LogP contribution is -2.31. The first kappa shape index (κ1) is 34.2. The Kier molecular flexibility index (Phi) is 11.9. The molecule has 3 aliphatic rings. The molecule has 0 radical (unpaired) electrons. The van der Waals surface area contributed by atoms with Gasteiger partial charge in [-0.3, -0.25) is 43.4 Å². The van der Waals surface area contributed by atoms with Crippen LogP contribution in [0.3, 0.4) is 0 Å². The number of imide groups is 3. The number of hydrogen-bond acceptors (Lipinski definition) is 12. The molecule has 44 heavy (non-hydrogen) atoms. The quantitative estimate of drug-likeness (QED) is 0.284. The molecule has 5 rings (SSSR count). The highest BCUT2D eigenvalue weighted by molar-refractivity contribution is 6.21. The Morgan fingerprint density at radius 2 is 1.20 bits per heavy atom. The Labute approximate surface area is 250 Å². The van der Waals surface area contributed by atoms with Crippen LogP contribution in [0.25, 0.3) is 0 Å². The van der Waals surface area contributed by atoms with Crippen molar-refractivity contribution in [3.8, 4) is 11.5 Å². The van der Waals surface area contributed by atoms with E-state index in [2.05, 4.69) is 4.84 Å². The number of carbonyl (C=O) groups is 8. The normalized spacial score (nSPS) is 14.4. The topological polar surface area (TPSA) is 205 Å². The van der Waals surface area contributed by atoms with E-state index in [0.717, 1.165) is 28.9 Å². The van der Waals surface area contributed by atoms with E-state index in [9.17, 15) is 38.4 Å². The van der Waals surface area contributed by atoms with Gasteiger partial charge in [0.25, 0.3) is 35.4 Å². The van der Waals surface area contributed by atoms with Gasteiger partial charge >= 0.3 is 5.97 Å². The molecule has 15 heteroatoms. The fourth-order valence-electron chi connectivity index (χ4n) is 3.31. The number of hydroxylamine groups is 2. The highest BCUT2D eigenvalue weighted by atomic mass is 16.7. The smallest absolute Gasteiger partial charge is 0.330 e. The number of likely N-dealkylation sites (N-methyl/N-ethyl adjacent to an activating group) is 1. The highest BCUT2D eigenvalue weighted by Gasteiger charge is 2.34. The molecule has 0 aromatic heterocycles. The van der Waals surface area contributed by atoms with Gasteiger partial charge in [0, 0.05) is 50.9 Å². The van der Waals surface area contributed by atoms with Crippen LogP contribution in [0.5, 0.6) is 11.5 Å². The van der Waals surface area contributed by atoms with E-state index in [1.54, 1.807) is 24.3 Å². The summed E-state index contributed by atoms with van der Waals surface area (Å²) < 4.78 is 4.78. The van der Waals surface area contributed by atoms with Crippen molar-refractivity contribution in [3.63, 3.8) is 0 Å². The number of benzene rings is 2. The molecule has 0 fully saturated rings. The minimum Gasteiger partial charge on any atom is -0.504 e. The van der Waals surface area contributed by atoms with Crippen molar-refractivity contribution in [1.29, 1.82) is 0 Å². The van der Waals surface area contributed by atoms with Crippen LogP contribution in [-0.4, -0.2) is 93.2 Å². The van der Waals surface area contributed by atoms with Crippen LogP contribution in [0, 0.1) is 0 Å². The number of phenols is 2. The third kappa shape index (κ3) is 8.77. The number of rotatable bonds is 4. The van der Waals surface area contributed by atoms with Crippen molar-refractivity contribution in [2.45, 2.75) is 13.8 Å². The molecule has 0 saturated heterocycles. The van der Waals surface area contributed by atoms with E-state index in [1.165, 1.54) is 51.4 Å². The van der Waals surface area contributed by atoms with E-state index >= 15 is 0 Å². The first-order valence-electron chi connectivity index (χ1n) is 12.4. The lowest BCUT2D eigenvalue weighted by atomic mass is 10.1. The number of Topliss-reactive ketones (excluding diaryl/α,β-unsaturated/α-hetero) is 1. The van der Waals surface area contributed by atoms with E-state index in [0.29, 0.717) is 21.8 Å². The van der Waals surface area contributed by atoms with Crippen molar-refractivity contribution in [3.05, 3.63) is 83.5 Å². The number of aromatic hydroxyl groups is 2. The maximum Gasteiger partial charge on any atom is 0.330 e. The van der Waals surface area contributed by atoms with Crippen molar-refractivity contribution in [2.75, 3.05) is 20.9 Å². The standard InChI is InChI=1S/C10H9NO3.C8H8O3.C6H5NO4.C5H5NO2/c1-14-6-11-9(12)7-4-2-3-5-8(7)10(11)13;1-5(9)6-2-3-7(10)8(11)4-6;1-4(8)11-7-5(9)2-3-6(7)10;1-6-4(7)2-3-5(6)8/h2-5H,6H2,1H3;2-4,10-11H,1H3;2-3H,1H3;2-3H,1H3. The molecule has 2 aromatic carbocycles. The van der Waals surface area contributed by atoms with Gasteiger partial charge in [-0.05, 0) is 37.3 Å². The van der Waals surface area contributed by atoms with Crippen molar-refractivity contribution < 1.29 is 58.1 Å². The predicted molar refractivity (Wildman–Crippen MR) is 148 cm³/mol. The van der Waals surface area contributed by atoms with Gasteiger partial charge in [0.1, 0.15) is 6.73 Å². The zero-order valence-electron chi connectivity index (χ0n) is 23.9. The van der Waals surface area contributed by atoms with Gasteiger partial charge in [-0.25, -0.2) is 4.79 Å². The van der Waals surface area contributed by atoms with Crippen LogP contribution in [0.15, 0.2) is 66.8 Å². The summed E-state index contributed by atoms with van der Waals surface area (Å²) >= 11 is 0. The highest BCUT2D eigenvalue weighted by Crippen LogP contribution is 2.25.